The largest absolute Gasteiger partial charge is 0.480 e. The molecular formula is C15H31N3O2. The molecule has 0 aliphatic carbocycles. The van der Waals surface area contributed by atoms with Gasteiger partial charge in [-0.3, -0.25) is 14.6 Å². The fraction of sp³-hybridized carbons (Fsp3) is 0.933. The summed E-state index contributed by atoms with van der Waals surface area (Å²) in [4.78, 5) is 16.3. The predicted molar refractivity (Wildman–Crippen MR) is 82.1 cm³/mol. The quantitative estimate of drug-likeness (QED) is 0.769. The maximum absolute atomic E-state index is 11.5. The van der Waals surface area contributed by atoms with Crippen molar-refractivity contribution in [1.29, 1.82) is 0 Å². The highest BCUT2D eigenvalue weighted by molar-refractivity contribution is 5.78. The maximum Gasteiger partial charge on any atom is 0.323 e. The minimum Gasteiger partial charge on any atom is -0.480 e. The molecule has 0 saturated carbocycles. The molecule has 0 bridgehead atoms. The molecule has 1 aliphatic rings. The van der Waals surface area contributed by atoms with Crippen molar-refractivity contribution in [3.8, 4) is 0 Å². The molecule has 5 heteroatoms. The Kier molecular flexibility index (Phi) is 5.98. The number of rotatable bonds is 6. The van der Waals surface area contributed by atoms with Crippen molar-refractivity contribution < 1.29 is 9.90 Å². The molecule has 4 atom stereocenters. The molecule has 20 heavy (non-hydrogen) atoms. The van der Waals surface area contributed by atoms with Crippen LogP contribution in [0.25, 0.3) is 0 Å². The topological polar surface area (TPSA) is 55.8 Å². The molecule has 0 aromatic rings. The lowest BCUT2D eigenvalue weighted by Gasteiger charge is -2.46. The third kappa shape index (κ3) is 3.93. The smallest absolute Gasteiger partial charge is 0.323 e. The van der Waals surface area contributed by atoms with Gasteiger partial charge in [-0.05, 0) is 47.7 Å². The number of hydrogen-bond donors (Lipinski definition) is 2. The lowest BCUT2D eigenvalue weighted by atomic mass is 9.92. The third-order valence-corrected chi connectivity index (χ3v) is 4.75. The van der Waals surface area contributed by atoms with E-state index in [1.54, 1.807) is 6.92 Å². The molecule has 1 saturated heterocycles. The molecule has 0 aromatic carbocycles. The number of carbonyl (C=O) groups is 1. The molecule has 118 valence electrons. The van der Waals surface area contributed by atoms with E-state index in [0.717, 1.165) is 13.1 Å². The Morgan fingerprint density at radius 1 is 1.40 bits per heavy atom. The molecule has 2 N–H and O–H groups in total. The highest BCUT2D eigenvalue weighted by atomic mass is 16.4. The van der Waals surface area contributed by atoms with Gasteiger partial charge in [-0.2, -0.15) is 0 Å². The number of carboxylic acid groups (broad SMARTS) is 1. The second kappa shape index (κ2) is 6.87. The SMILES string of the molecule is CCNC(C)(CC(C)N1CC(C)N(C)C(C)C1)C(=O)O. The van der Waals surface area contributed by atoms with Crippen LogP contribution < -0.4 is 5.32 Å². The molecule has 1 fully saturated rings. The van der Waals surface area contributed by atoms with Crippen molar-refractivity contribution in [1.82, 2.24) is 15.1 Å². The number of hydrogen-bond acceptors (Lipinski definition) is 4. The zero-order valence-corrected chi connectivity index (χ0v) is 13.8. The Hall–Kier alpha value is -0.650. The van der Waals surface area contributed by atoms with E-state index >= 15 is 0 Å². The van der Waals surface area contributed by atoms with Crippen LogP contribution in [0, 0.1) is 0 Å². The van der Waals surface area contributed by atoms with Gasteiger partial charge in [-0.15, -0.1) is 0 Å². The Balaban J connectivity index is 2.70. The number of aliphatic carboxylic acids is 1. The van der Waals surface area contributed by atoms with Crippen LogP contribution in [0.1, 0.15) is 41.0 Å². The number of piperazine rings is 1. The molecule has 1 heterocycles. The second-order valence-electron chi connectivity index (χ2n) is 6.54. The molecule has 0 radical (unpaired) electrons. The number of carboxylic acids is 1. The summed E-state index contributed by atoms with van der Waals surface area (Å²) in [5.74, 6) is -0.763. The molecule has 0 aromatic heterocycles. The third-order valence-electron chi connectivity index (χ3n) is 4.75. The summed E-state index contributed by atoms with van der Waals surface area (Å²) in [7, 11) is 2.16. The van der Waals surface area contributed by atoms with Gasteiger partial charge in [-0.25, -0.2) is 0 Å². The Bertz CT molecular complexity index is 325. The highest BCUT2D eigenvalue weighted by Gasteiger charge is 2.37. The van der Waals surface area contributed by atoms with Crippen molar-refractivity contribution >= 4 is 5.97 Å². The van der Waals surface area contributed by atoms with Crippen molar-refractivity contribution in [2.45, 2.75) is 64.7 Å². The first-order chi connectivity index (χ1) is 9.21. The Labute approximate surface area is 123 Å². The average Bonchev–Trinajstić information content (AvgIpc) is 2.35. The van der Waals surface area contributed by atoms with Crippen LogP contribution >= 0.6 is 0 Å². The molecular weight excluding hydrogens is 254 g/mol. The van der Waals surface area contributed by atoms with Gasteiger partial charge in [-0.1, -0.05) is 6.92 Å². The van der Waals surface area contributed by atoms with Gasteiger partial charge >= 0.3 is 5.97 Å². The Morgan fingerprint density at radius 2 is 1.90 bits per heavy atom. The van der Waals surface area contributed by atoms with Gasteiger partial charge in [0.25, 0.3) is 0 Å². The summed E-state index contributed by atoms with van der Waals surface area (Å²) >= 11 is 0. The minimum absolute atomic E-state index is 0.258. The van der Waals surface area contributed by atoms with Crippen LogP contribution in [-0.4, -0.2) is 71.2 Å². The first-order valence-corrected chi connectivity index (χ1v) is 7.65. The first kappa shape index (κ1) is 17.4. The fourth-order valence-corrected chi connectivity index (χ4v) is 3.15. The summed E-state index contributed by atoms with van der Waals surface area (Å²) in [6, 6.07) is 1.28. The minimum atomic E-state index is -0.843. The number of likely N-dealkylation sites (N-methyl/N-ethyl adjacent to an activating group) is 2. The van der Waals surface area contributed by atoms with Gasteiger partial charge < -0.3 is 10.4 Å². The van der Waals surface area contributed by atoms with Crippen LogP contribution in [-0.2, 0) is 4.79 Å². The molecule has 0 amide bonds. The number of nitrogens with one attached hydrogen (secondary N) is 1. The summed E-state index contributed by atoms with van der Waals surface area (Å²) < 4.78 is 0. The predicted octanol–water partition coefficient (Wildman–Crippen LogP) is 1.24. The van der Waals surface area contributed by atoms with E-state index in [0.29, 0.717) is 25.0 Å². The van der Waals surface area contributed by atoms with E-state index in [1.807, 2.05) is 6.92 Å². The highest BCUT2D eigenvalue weighted by Crippen LogP contribution is 2.21. The van der Waals surface area contributed by atoms with Crippen molar-refractivity contribution in [2.24, 2.45) is 0 Å². The van der Waals surface area contributed by atoms with E-state index < -0.39 is 11.5 Å². The fourth-order valence-electron chi connectivity index (χ4n) is 3.15. The molecule has 4 unspecified atom stereocenters. The zero-order valence-electron chi connectivity index (χ0n) is 13.8. The van der Waals surface area contributed by atoms with E-state index in [1.165, 1.54) is 0 Å². The second-order valence-corrected chi connectivity index (χ2v) is 6.54. The molecule has 1 aliphatic heterocycles. The van der Waals surface area contributed by atoms with E-state index in [9.17, 15) is 9.90 Å². The van der Waals surface area contributed by atoms with Gasteiger partial charge in [0.2, 0.25) is 0 Å². The molecule has 1 rings (SSSR count). The monoisotopic (exact) mass is 285 g/mol. The zero-order chi connectivity index (χ0) is 15.5. The van der Waals surface area contributed by atoms with E-state index in [-0.39, 0.29) is 6.04 Å². The van der Waals surface area contributed by atoms with Gasteiger partial charge in [0.15, 0.2) is 0 Å². The standard InChI is InChI=1S/C15H31N3O2/c1-7-16-15(5,14(19)20)8-11(2)18-9-12(3)17(6)13(4)10-18/h11-13,16H,7-10H2,1-6H3,(H,19,20). The molecule has 5 nitrogen and oxygen atoms in total. The average molecular weight is 285 g/mol. The summed E-state index contributed by atoms with van der Waals surface area (Å²) in [5.41, 5.74) is -0.843. The lowest BCUT2D eigenvalue weighted by molar-refractivity contribution is -0.145. The van der Waals surface area contributed by atoms with Gasteiger partial charge in [0.05, 0.1) is 0 Å². The van der Waals surface area contributed by atoms with Gasteiger partial charge in [0.1, 0.15) is 5.54 Å². The van der Waals surface area contributed by atoms with Crippen molar-refractivity contribution in [2.75, 3.05) is 26.7 Å². The van der Waals surface area contributed by atoms with Crippen LogP contribution in [0.3, 0.4) is 0 Å². The van der Waals surface area contributed by atoms with Crippen LogP contribution in [0.4, 0.5) is 0 Å². The number of nitrogens with zero attached hydrogens (tertiary/aromatic N) is 2. The van der Waals surface area contributed by atoms with Crippen LogP contribution in [0.15, 0.2) is 0 Å². The first-order valence-electron chi connectivity index (χ1n) is 7.65. The summed E-state index contributed by atoms with van der Waals surface area (Å²) in [5, 5.41) is 12.6. The van der Waals surface area contributed by atoms with E-state index in [2.05, 4.69) is 42.9 Å². The van der Waals surface area contributed by atoms with Crippen molar-refractivity contribution in [3.63, 3.8) is 0 Å². The summed E-state index contributed by atoms with van der Waals surface area (Å²) in [6.45, 7) is 13.0. The van der Waals surface area contributed by atoms with Crippen molar-refractivity contribution in [3.05, 3.63) is 0 Å². The molecule has 0 spiro atoms. The van der Waals surface area contributed by atoms with Gasteiger partial charge in [0, 0.05) is 31.2 Å². The van der Waals surface area contributed by atoms with E-state index in [4.69, 9.17) is 0 Å². The Morgan fingerprint density at radius 3 is 2.30 bits per heavy atom. The normalized spacial score (nSPS) is 29.9. The summed E-state index contributed by atoms with van der Waals surface area (Å²) in [6.07, 6.45) is 0.624. The maximum atomic E-state index is 11.5. The van der Waals surface area contributed by atoms with Crippen LogP contribution in [0.2, 0.25) is 0 Å². The lowest BCUT2D eigenvalue weighted by Crippen LogP contribution is -2.59. The van der Waals surface area contributed by atoms with Crippen LogP contribution in [0.5, 0.6) is 0 Å².